The van der Waals surface area contributed by atoms with E-state index in [9.17, 15) is 0 Å². The number of aromatic nitrogens is 4. The van der Waals surface area contributed by atoms with Gasteiger partial charge >= 0.3 is 0 Å². The van der Waals surface area contributed by atoms with Crippen molar-refractivity contribution in [2.45, 2.75) is 0 Å². The number of fused-ring (bicyclic) bond motifs is 1. The zero-order valence-corrected chi connectivity index (χ0v) is 24.4. The second-order valence-electron chi connectivity index (χ2n) is 10.1. The molecule has 202 valence electrons. The lowest BCUT2D eigenvalue weighted by Crippen LogP contribution is -1.96. The highest BCUT2D eigenvalue weighted by Crippen LogP contribution is 2.35. The van der Waals surface area contributed by atoms with E-state index in [0.29, 0.717) is 11.4 Å². The van der Waals surface area contributed by atoms with Crippen LogP contribution in [0.4, 0.5) is 0 Å². The molecular formula is C37H22BrN5. The summed E-state index contributed by atoms with van der Waals surface area (Å²) in [7, 11) is 0. The first-order valence-corrected chi connectivity index (χ1v) is 14.5. The standard InChI is InChI=1S/C37H22BrN5/c38-31-20-29(32-3-1-5-34-33(32)4-2-16-41-34)19-30(21-31)36-22-35(42-37(43-36)28-14-17-40-18-15-28)27-12-10-26(11-13-27)25-8-6-24(23-39)7-9-25/h1-22H. The maximum atomic E-state index is 9.13. The summed E-state index contributed by atoms with van der Waals surface area (Å²) in [6, 6.07) is 40.6. The summed E-state index contributed by atoms with van der Waals surface area (Å²) in [4.78, 5) is 18.7. The number of halogens is 1. The molecule has 0 aliphatic rings. The smallest absolute Gasteiger partial charge is 0.160 e. The van der Waals surface area contributed by atoms with Crippen molar-refractivity contribution in [3.05, 3.63) is 144 Å². The third-order valence-corrected chi connectivity index (χ3v) is 7.80. The SMILES string of the molecule is N#Cc1ccc(-c2ccc(-c3cc(-c4cc(Br)cc(-c5cccc6ncccc56)c4)nc(-c4ccncc4)n3)cc2)cc1. The summed E-state index contributed by atoms with van der Waals surface area (Å²) in [5.74, 6) is 0.627. The molecule has 0 atom stereocenters. The third kappa shape index (κ3) is 5.42. The number of rotatable bonds is 5. The van der Waals surface area contributed by atoms with Crippen LogP contribution in [0.25, 0.3) is 67.1 Å². The fourth-order valence-corrected chi connectivity index (χ4v) is 5.69. The van der Waals surface area contributed by atoms with E-state index in [1.54, 1.807) is 12.4 Å². The molecular weight excluding hydrogens is 594 g/mol. The molecule has 7 aromatic rings. The lowest BCUT2D eigenvalue weighted by molar-refractivity contribution is 1.17. The van der Waals surface area contributed by atoms with Gasteiger partial charge in [0.1, 0.15) is 0 Å². The van der Waals surface area contributed by atoms with Gasteiger partial charge in [0, 0.05) is 45.1 Å². The van der Waals surface area contributed by atoms with E-state index in [1.165, 1.54) is 0 Å². The summed E-state index contributed by atoms with van der Waals surface area (Å²) in [6.07, 6.45) is 5.32. The highest BCUT2D eigenvalue weighted by molar-refractivity contribution is 9.10. The maximum absolute atomic E-state index is 9.13. The van der Waals surface area contributed by atoms with Crippen LogP contribution in [-0.4, -0.2) is 19.9 Å². The molecule has 0 saturated heterocycles. The van der Waals surface area contributed by atoms with E-state index in [1.807, 2.05) is 66.9 Å². The number of nitriles is 1. The Hall–Kier alpha value is -5.51. The van der Waals surface area contributed by atoms with Crippen LogP contribution in [0, 0.1) is 11.3 Å². The van der Waals surface area contributed by atoms with Crippen molar-refractivity contribution in [3.63, 3.8) is 0 Å². The van der Waals surface area contributed by atoms with Gasteiger partial charge in [0.25, 0.3) is 0 Å². The highest BCUT2D eigenvalue weighted by atomic mass is 79.9. The number of nitrogens with zero attached hydrogens (tertiary/aromatic N) is 5. The van der Waals surface area contributed by atoms with Gasteiger partial charge in [-0.2, -0.15) is 5.26 Å². The van der Waals surface area contributed by atoms with Gasteiger partial charge in [-0.05, 0) is 82.9 Å². The van der Waals surface area contributed by atoms with Gasteiger partial charge in [0.15, 0.2) is 5.82 Å². The molecule has 0 spiro atoms. The van der Waals surface area contributed by atoms with Crippen molar-refractivity contribution in [1.29, 1.82) is 5.26 Å². The summed E-state index contributed by atoms with van der Waals surface area (Å²) >= 11 is 3.75. The monoisotopic (exact) mass is 615 g/mol. The van der Waals surface area contributed by atoms with Gasteiger partial charge < -0.3 is 0 Å². The summed E-state index contributed by atoms with van der Waals surface area (Å²) in [6.45, 7) is 0. The zero-order chi connectivity index (χ0) is 29.2. The van der Waals surface area contributed by atoms with Crippen LogP contribution in [-0.2, 0) is 0 Å². The Bertz CT molecular complexity index is 2130. The molecule has 3 heterocycles. The van der Waals surface area contributed by atoms with E-state index < -0.39 is 0 Å². The minimum atomic E-state index is 0.627. The van der Waals surface area contributed by atoms with Gasteiger partial charge in [-0.25, -0.2) is 9.97 Å². The first kappa shape index (κ1) is 26.4. The molecule has 0 aliphatic heterocycles. The van der Waals surface area contributed by atoms with Crippen LogP contribution >= 0.6 is 15.9 Å². The van der Waals surface area contributed by atoms with E-state index in [0.717, 1.165) is 65.7 Å². The molecule has 6 heteroatoms. The first-order chi connectivity index (χ1) is 21.1. The second-order valence-corrected chi connectivity index (χ2v) is 11.0. The quantitative estimate of drug-likeness (QED) is 0.193. The Balaban J connectivity index is 1.34. The molecule has 4 aromatic carbocycles. The Morgan fingerprint density at radius 3 is 1.98 bits per heavy atom. The van der Waals surface area contributed by atoms with Crippen molar-refractivity contribution in [2.24, 2.45) is 0 Å². The lowest BCUT2D eigenvalue weighted by atomic mass is 9.97. The molecule has 0 N–H and O–H groups in total. The number of hydrogen-bond acceptors (Lipinski definition) is 5. The summed E-state index contributed by atoms with van der Waals surface area (Å²) < 4.78 is 0.957. The van der Waals surface area contributed by atoms with Crippen molar-refractivity contribution >= 4 is 26.8 Å². The molecule has 0 radical (unpaired) electrons. The first-order valence-electron chi connectivity index (χ1n) is 13.7. The van der Waals surface area contributed by atoms with Gasteiger partial charge in [-0.3, -0.25) is 9.97 Å². The fourth-order valence-electron chi connectivity index (χ4n) is 5.19. The number of benzene rings is 4. The largest absolute Gasteiger partial charge is 0.265 e. The second kappa shape index (κ2) is 11.4. The molecule has 0 aliphatic carbocycles. The topological polar surface area (TPSA) is 75.3 Å². The van der Waals surface area contributed by atoms with Crippen molar-refractivity contribution < 1.29 is 0 Å². The van der Waals surface area contributed by atoms with Crippen LogP contribution in [0.2, 0.25) is 0 Å². The minimum absolute atomic E-state index is 0.627. The third-order valence-electron chi connectivity index (χ3n) is 7.34. The van der Waals surface area contributed by atoms with E-state index in [4.69, 9.17) is 15.2 Å². The van der Waals surface area contributed by atoms with Gasteiger partial charge in [-0.1, -0.05) is 70.5 Å². The van der Waals surface area contributed by atoms with Crippen molar-refractivity contribution in [3.8, 4) is 62.2 Å². The van der Waals surface area contributed by atoms with E-state index in [2.05, 4.69) is 86.6 Å². The van der Waals surface area contributed by atoms with Crippen LogP contribution in [0.15, 0.2) is 138 Å². The molecule has 5 nitrogen and oxygen atoms in total. The average molecular weight is 617 g/mol. The lowest BCUT2D eigenvalue weighted by Gasteiger charge is -2.12. The predicted octanol–water partition coefficient (Wildman–Crippen LogP) is 9.39. The zero-order valence-electron chi connectivity index (χ0n) is 22.8. The Kier molecular flexibility index (Phi) is 7.00. The molecule has 0 bridgehead atoms. The maximum Gasteiger partial charge on any atom is 0.160 e. The number of pyridine rings is 2. The molecule has 7 rings (SSSR count). The Morgan fingerprint density at radius 2 is 1.23 bits per heavy atom. The van der Waals surface area contributed by atoms with E-state index in [-0.39, 0.29) is 0 Å². The van der Waals surface area contributed by atoms with Gasteiger partial charge in [0.05, 0.1) is 28.5 Å². The number of hydrogen-bond donors (Lipinski definition) is 0. The van der Waals surface area contributed by atoms with Gasteiger partial charge in [-0.15, -0.1) is 0 Å². The van der Waals surface area contributed by atoms with Crippen LogP contribution < -0.4 is 0 Å². The summed E-state index contributed by atoms with van der Waals surface area (Å²) in [5, 5.41) is 10.2. The predicted molar refractivity (Wildman–Crippen MR) is 175 cm³/mol. The average Bonchev–Trinajstić information content (AvgIpc) is 3.08. The molecule has 43 heavy (non-hydrogen) atoms. The van der Waals surface area contributed by atoms with Crippen molar-refractivity contribution in [1.82, 2.24) is 19.9 Å². The summed E-state index contributed by atoms with van der Waals surface area (Å²) in [5.41, 5.74) is 10.4. The fraction of sp³-hybridized carbons (Fsp3) is 0. The van der Waals surface area contributed by atoms with Crippen LogP contribution in [0.5, 0.6) is 0 Å². The van der Waals surface area contributed by atoms with Crippen LogP contribution in [0.1, 0.15) is 5.56 Å². The Labute approximate surface area is 257 Å². The minimum Gasteiger partial charge on any atom is -0.265 e. The molecule has 0 saturated carbocycles. The normalized spacial score (nSPS) is 10.9. The Morgan fingerprint density at radius 1 is 0.558 bits per heavy atom. The van der Waals surface area contributed by atoms with Gasteiger partial charge in [0.2, 0.25) is 0 Å². The van der Waals surface area contributed by atoms with E-state index >= 15 is 0 Å². The highest BCUT2D eigenvalue weighted by Gasteiger charge is 2.14. The molecule has 0 fully saturated rings. The molecule has 3 aromatic heterocycles. The molecule has 0 unspecified atom stereocenters. The molecule has 0 amide bonds. The van der Waals surface area contributed by atoms with Crippen molar-refractivity contribution in [2.75, 3.05) is 0 Å². The van der Waals surface area contributed by atoms with Crippen LogP contribution in [0.3, 0.4) is 0 Å².